The Morgan fingerprint density at radius 1 is 1.29 bits per heavy atom. The third-order valence-corrected chi connectivity index (χ3v) is 2.82. The highest BCUT2D eigenvalue weighted by Gasteiger charge is 2.06. The van der Waals surface area contributed by atoms with Gasteiger partial charge in [0.05, 0.1) is 5.69 Å². The van der Waals surface area contributed by atoms with Crippen LogP contribution in [0.1, 0.15) is 11.4 Å². The SMILES string of the molecule is C=C/C(=C(/N)NC)c1ccnc(Nc2cccc(C)n2)n1. The van der Waals surface area contributed by atoms with E-state index in [0.29, 0.717) is 23.3 Å². The minimum absolute atomic E-state index is 0.453. The van der Waals surface area contributed by atoms with E-state index in [2.05, 4.69) is 32.2 Å². The van der Waals surface area contributed by atoms with E-state index in [1.807, 2.05) is 25.1 Å². The summed E-state index contributed by atoms with van der Waals surface area (Å²) in [7, 11) is 1.75. The maximum atomic E-state index is 5.89. The van der Waals surface area contributed by atoms with Gasteiger partial charge in [-0.2, -0.15) is 0 Å². The Hall–Kier alpha value is -2.89. The number of hydrogen-bond donors (Lipinski definition) is 3. The minimum Gasteiger partial charge on any atom is -0.385 e. The van der Waals surface area contributed by atoms with Gasteiger partial charge in [0.2, 0.25) is 5.95 Å². The van der Waals surface area contributed by atoms with Crippen LogP contribution in [0.15, 0.2) is 48.9 Å². The van der Waals surface area contributed by atoms with Crippen LogP contribution in [0, 0.1) is 6.92 Å². The first-order valence-corrected chi connectivity index (χ1v) is 6.48. The number of pyridine rings is 1. The van der Waals surface area contributed by atoms with Crippen LogP contribution in [0.2, 0.25) is 0 Å². The zero-order valence-electron chi connectivity index (χ0n) is 12.1. The summed E-state index contributed by atoms with van der Waals surface area (Å²) in [5.41, 5.74) is 8.21. The van der Waals surface area contributed by atoms with E-state index in [9.17, 15) is 0 Å². The van der Waals surface area contributed by atoms with Gasteiger partial charge in [-0.1, -0.05) is 18.7 Å². The fourth-order valence-electron chi connectivity index (χ4n) is 1.78. The molecule has 2 rings (SSSR count). The van der Waals surface area contributed by atoms with Crippen molar-refractivity contribution < 1.29 is 0 Å². The van der Waals surface area contributed by atoms with Gasteiger partial charge in [0.15, 0.2) is 0 Å². The van der Waals surface area contributed by atoms with Crippen molar-refractivity contribution in [2.24, 2.45) is 5.73 Å². The number of nitrogens with zero attached hydrogens (tertiary/aromatic N) is 3. The molecule has 6 heteroatoms. The van der Waals surface area contributed by atoms with Gasteiger partial charge in [-0.3, -0.25) is 0 Å². The van der Waals surface area contributed by atoms with Gasteiger partial charge in [0.25, 0.3) is 0 Å². The molecule has 0 radical (unpaired) electrons. The predicted molar refractivity (Wildman–Crippen MR) is 84.7 cm³/mol. The lowest BCUT2D eigenvalue weighted by molar-refractivity contribution is 0.967. The Bertz CT molecular complexity index is 677. The first-order valence-electron chi connectivity index (χ1n) is 6.48. The normalized spacial score (nSPS) is 11.5. The molecule has 0 aliphatic heterocycles. The summed E-state index contributed by atoms with van der Waals surface area (Å²) >= 11 is 0. The number of rotatable bonds is 5. The molecule has 0 aromatic carbocycles. The van der Waals surface area contributed by atoms with Gasteiger partial charge in [-0.05, 0) is 25.1 Å². The van der Waals surface area contributed by atoms with Crippen molar-refractivity contribution in [2.45, 2.75) is 6.92 Å². The smallest absolute Gasteiger partial charge is 0.228 e. The van der Waals surface area contributed by atoms with Crippen molar-refractivity contribution in [3.63, 3.8) is 0 Å². The lowest BCUT2D eigenvalue weighted by Crippen LogP contribution is -2.17. The Morgan fingerprint density at radius 2 is 2.10 bits per heavy atom. The van der Waals surface area contributed by atoms with Gasteiger partial charge in [0, 0.05) is 24.5 Å². The number of nitrogens with two attached hydrogens (primary N) is 1. The summed E-state index contributed by atoms with van der Waals surface area (Å²) in [5, 5.41) is 5.95. The van der Waals surface area contributed by atoms with Crippen molar-refractivity contribution in [3.05, 3.63) is 60.3 Å². The Balaban J connectivity index is 2.32. The summed E-state index contributed by atoms with van der Waals surface area (Å²) in [6.45, 7) is 5.69. The van der Waals surface area contributed by atoms with Crippen LogP contribution in [0.4, 0.5) is 11.8 Å². The van der Waals surface area contributed by atoms with Gasteiger partial charge >= 0.3 is 0 Å². The maximum absolute atomic E-state index is 5.89. The number of anilines is 2. The van der Waals surface area contributed by atoms with E-state index in [4.69, 9.17) is 5.73 Å². The summed E-state index contributed by atoms with van der Waals surface area (Å²) in [4.78, 5) is 13.0. The van der Waals surface area contributed by atoms with Crippen LogP contribution < -0.4 is 16.4 Å². The van der Waals surface area contributed by atoms with Crippen molar-refractivity contribution in [1.29, 1.82) is 0 Å². The van der Waals surface area contributed by atoms with Crippen molar-refractivity contribution in [3.8, 4) is 0 Å². The molecule has 0 spiro atoms. The minimum atomic E-state index is 0.453. The molecule has 108 valence electrons. The number of nitrogens with one attached hydrogen (secondary N) is 2. The molecule has 0 saturated heterocycles. The summed E-state index contributed by atoms with van der Waals surface area (Å²) < 4.78 is 0. The van der Waals surface area contributed by atoms with Gasteiger partial charge < -0.3 is 16.4 Å². The molecule has 0 aliphatic rings. The highest BCUT2D eigenvalue weighted by atomic mass is 15.1. The number of aromatic nitrogens is 3. The molecule has 0 aliphatic carbocycles. The second-order valence-electron chi connectivity index (χ2n) is 4.34. The van der Waals surface area contributed by atoms with Crippen LogP contribution in [0.5, 0.6) is 0 Å². The summed E-state index contributed by atoms with van der Waals surface area (Å²) in [6, 6.07) is 7.47. The van der Waals surface area contributed by atoms with Crippen molar-refractivity contribution in [1.82, 2.24) is 20.3 Å². The molecule has 0 amide bonds. The summed E-state index contributed by atoms with van der Waals surface area (Å²) in [6.07, 6.45) is 3.32. The number of allylic oxidation sites excluding steroid dienone is 2. The van der Waals surface area contributed by atoms with Crippen molar-refractivity contribution in [2.75, 3.05) is 12.4 Å². The number of hydrogen-bond acceptors (Lipinski definition) is 6. The number of aryl methyl sites for hydroxylation is 1. The van der Waals surface area contributed by atoms with Crippen LogP contribution >= 0.6 is 0 Å². The van der Waals surface area contributed by atoms with Crippen LogP contribution in [-0.4, -0.2) is 22.0 Å². The maximum Gasteiger partial charge on any atom is 0.228 e. The van der Waals surface area contributed by atoms with E-state index in [0.717, 1.165) is 11.3 Å². The first kappa shape index (κ1) is 14.5. The average Bonchev–Trinajstić information content (AvgIpc) is 2.48. The molecular formula is C15H18N6. The van der Waals surface area contributed by atoms with Crippen LogP contribution in [-0.2, 0) is 0 Å². The molecule has 6 nitrogen and oxygen atoms in total. The molecule has 0 unspecified atom stereocenters. The average molecular weight is 282 g/mol. The van der Waals surface area contributed by atoms with Gasteiger partial charge in [-0.15, -0.1) is 0 Å². The lowest BCUT2D eigenvalue weighted by Gasteiger charge is -2.09. The zero-order valence-corrected chi connectivity index (χ0v) is 12.1. The molecule has 0 bridgehead atoms. The molecule has 2 heterocycles. The molecule has 0 saturated carbocycles. The molecule has 0 atom stereocenters. The molecule has 2 aromatic heterocycles. The molecule has 4 N–H and O–H groups in total. The Labute approximate surface area is 123 Å². The van der Waals surface area contributed by atoms with Crippen LogP contribution in [0.3, 0.4) is 0 Å². The Morgan fingerprint density at radius 3 is 2.76 bits per heavy atom. The third kappa shape index (κ3) is 3.56. The second kappa shape index (κ2) is 6.51. The largest absolute Gasteiger partial charge is 0.385 e. The fraction of sp³-hybridized carbons (Fsp3) is 0.133. The van der Waals surface area contributed by atoms with Crippen LogP contribution in [0.25, 0.3) is 5.57 Å². The zero-order chi connectivity index (χ0) is 15.2. The topological polar surface area (TPSA) is 88.8 Å². The molecule has 21 heavy (non-hydrogen) atoms. The quantitative estimate of drug-likeness (QED) is 0.726. The van der Waals surface area contributed by atoms with E-state index in [1.165, 1.54) is 0 Å². The molecular weight excluding hydrogens is 264 g/mol. The first-order chi connectivity index (χ1) is 10.1. The fourth-order valence-corrected chi connectivity index (χ4v) is 1.78. The van der Waals surface area contributed by atoms with Gasteiger partial charge in [0.1, 0.15) is 11.6 Å². The highest BCUT2D eigenvalue weighted by Crippen LogP contribution is 2.17. The second-order valence-corrected chi connectivity index (χ2v) is 4.34. The van der Waals surface area contributed by atoms with E-state index in [1.54, 1.807) is 25.4 Å². The summed E-state index contributed by atoms with van der Waals surface area (Å²) in [5.74, 6) is 1.65. The van der Waals surface area contributed by atoms with E-state index in [-0.39, 0.29) is 0 Å². The van der Waals surface area contributed by atoms with Gasteiger partial charge in [-0.25, -0.2) is 15.0 Å². The monoisotopic (exact) mass is 282 g/mol. The Kier molecular flexibility index (Phi) is 4.50. The predicted octanol–water partition coefficient (Wildman–Crippen LogP) is 1.96. The third-order valence-electron chi connectivity index (χ3n) is 2.82. The van der Waals surface area contributed by atoms with E-state index >= 15 is 0 Å². The lowest BCUT2D eigenvalue weighted by atomic mass is 10.2. The standard InChI is InChI=1S/C15H18N6/c1-4-11(14(16)17-3)12-8-9-18-15(20-12)21-13-7-5-6-10(2)19-13/h4-9,17H,1,16H2,2-3H3,(H,18,19,20,21)/b14-11+. The molecule has 0 fully saturated rings. The van der Waals surface area contributed by atoms with E-state index < -0.39 is 0 Å². The van der Waals surface area contributed by atoms with Crippen molar-refractivity contribution >= 4 is 17.3 Å². The highest BCUT2D eigenvalue weighted by molar-refractivity contribution is 5.73. The molecule has 2 aromatic rings.